The number of pyridine rings is 1. The Morgan fingerprint density at radius 1 is 1.05 bits per heavy atom. The topological polar surface area (TPSA) is 151 Å². The molecule has 0 unspecified atom stereocenters. The van der Waals surface area contributed by atoms with Gasteiger partial charge in [-0.25, -0.2) is 27.2 Å². The van der Waals surface area contributed by atoms with Crippen molar-refractivity contribution in [3.05, 3.63) is 89.0 Å². The minimum atomic E-state index is -3.83. The van der Waals surface area contributed by atoms with Gasteiger partial charge in [-0.2, -0.15) is 0 Å². The number of hydrogen-bond donors (Lipinski definition) is 1. The summed E-state index contributed by atoms with van der Waals surface area (Å²) in [6, 6.07) is 15.4. The number of aryl methyl sites for hydroxylation is 1. The molecule has 3 heterocycles. The lowest BCUT2D eigenvalue weighted by molar-refractivity contribution is -0.384. The standard InChI is InChI=1S/C28H26N6O6S/c1-18-30-25-17-29-27-24(15-16-32(27)41(38,39)23-5-3-2-4-6-23)26(25)33(18)20-9-7-19(8-10-20)31-28(35)40-22-13-11-21(12-14-22)34(36)37/h2-6,11-17,19-20H,7-10H2,1H3,(H,31,35). The van der Waals surface area contributed by atoms with Gasteiger partial charge in [0, 0.05) is 35.8 Å². The molecule has 41 heavy (non-hydrogen) atoms. The summed E-state index contributed by atoms with van der Waals surface area (Å²) < 4.78 is 35.4. The molecule has 1 amide bonds. The number of carbonyl (C=O) groups excluding carboxylic acids is 1. The fourth-order valence-corrected chi connectivity index (χ4v) is 6.85. The van der Waals surface area contributed by atoms with Crippen LogP contribution in [0.5, 0.6) is 5.75 Å². The summed E-state index contributed by atoms with van der Waals surface area (Å²) in [5.41, 5.74) is 1.79. The number of nitrogens with zero attached hydrogens (tertiary/aromatic N) is 5. The Morgan fingerprint density at radius 2 is 1.76 bits per heavy atom. The third kappa shape index (κ3) is 4.88. The van der Waals surface area contributed by atoms with Gasteiger partial charge in [-0.3, -0.25) is 10.1 Å². The Labute approximate surface area is 234 Å². The van der Waals surface area contributed by atoms with Crippen LogP contribution in [0.2, 0.25) is 0 Å². The summed E-state index contributed by atoms with van der Waals surface area (Å²) in [6.45, 7) is 1.93. The molecule has 13 heteroatoms. The third-order valence-corrected chi connectivity index (χ3v) is 9.13. The molecule has 0 spiro atoms. The lowest BCUT2D eigenvalue weighted by Gasteiger charge is -2.30. The summed E-state index contributed by atoms with van der Waals surface area (Å²) in [5, 5.41) is 14.4. The van der Waals surface area contributed by atoms with Gasteiger partial charge in [0.25, 0.3) is 15.7 Å². The van der Waals surface area contributed by atoms with Crippen molar-refractivity contribution in [2.45, 2.75) is 49.6 Å². The van der Waals surface area contributed by atoms with E-state index in [2.05, 4.69) is 14.9 Å². The van der Waals surface area contributed by atoms with E-state index >= 15 is 0 Å². The molecule has 0 bridgehead atoms. The first-order valence-electron chi connectivity index (χ1n) is 13.1. The fourth-order valence-electron chi connectivity index (χ4n) is 5.53. The molecule has 5 aromatic rings. The molecule has 1 N–H and O–H groups in total. The van der Waals surface area contributed by atoms with E-state index < -0.39 is 21.0 Å². The number of nitrogens with one attached hydrogen (secondary N) is 1. The summed E-state index contributed by atoms with van der Waals surface area (Å²) in [6.07, 6.45) is 5.47. The van der Waals surface area contributed by atoms with Crippen LogP contribution in [0.3, 0.4) is 0 Å². The number of benzene rings is 2. The van der Waals surface area contributed by atoms with E-state index in [1.807, 2.05) is 6.92 Å². The number of nitro groups is 1. The van der Waals surface area contributed by atoms with Gasteiger partial charge in [0.05, 0.1) is 21.5 Å². The molecule has 0 saturated heterocycles. The van der Waals surface area contributed by atoms with Crippen molar-refractivity contribution in [2.24, 2.45) is 0 Å². The Kier molecular flexibility index (Phi) is 6.66. The van der Waals surface area contributed by atoms with Crippen LogP contribution in [0.4, 0.5) is 10.5 Å². The molecule has 0 radical (unpaired) electrons. The first kappa shape index (κ1) is 26.4. The van der Waals surface area contributed by atoms with Crippen molar-refractivity contribution >= 4 is 43.9 Å². The quantitative estimate of drug-likeness (QED) is 0.217. The number of aromatic nitrogens is 4. The van der Waals surface area contributed by atoms with Crippen LogP contribution in [-0.4, -0.2) is 44.0 Å². The molecular weight excluding hydrogens is 548 g/mol. The molecule has 2 aromatic carbocycles. The van der Waals surface area contributed by atoms with Gasteiger partial charge in [0.2, 0.25) is 0 Å². The van der Waals surface area contributed by atoms with Gasteiger partial charge in [-0.05, 0) is 62.9 Å². The predicted molar refractivity (Wildman–Crippen MR) is 150 cm³/mol. The number of nitro benzene ring substituents is 1. The molecule has 1 saturated carbocycles. The second kappa shape index (κ2) is 10.3. The molecule has 12 nitrogen and oxygen atoms in total. The Balaban J connectivity index is 1.20. The maximum Gasteiger partial charge on any atom is 0.412 e. The Hall–Kier alpha value is -4.78. The molecule has 1 fully saturated rings. The zero-order valence-corrected chi connectivity index (χ0v) is 22.8. The highest BCUT2D eigenvalue weighted by molar-refractivity contribution is 7.90. The van der Waals surface area contributed by atoms with Gasteiger partial charge in [-0.1, -0.05) is 18.2 Å². The van der Waals surface area contributed by atoms with Gasteiger partial charge in [0.1, 0.15) is 17.1 Å². The summed E-state index contributed by atoms with van der Waals surface area (Å²) >= 11 is 0. The first-order valence-corrected chi connectivity index (χ1v) is 14.5. The van der Waals surface area contributed by atoms with Crippen LogP contribution in [0.25, 0.3) is 22.1 Å². The average Bonchev–Trinajstić information content (AvgIpc) is 3.55. The summed E-state index contributed by atoms with van der Waals surface area (Å²) in [4.78, 5) is 32.1. The average molecular weight is 575 g/mol. The largest absolute Gasteiger partial charge is 0.412 e. The number of non-ortho nitro benzene ring substituents is 1. The smallest absolute Gasteiger partial charge is 0.410 e. The number of fused-ring (bicyclic) bond motifs is 3. The van der Waals surface area contributed by atoms with Crippen molar-refractivity contribution in [1.82, 2.24) is 23.8 Å². The van der Waals surface area contributed by atoms with Crippen LogP contribution in [0.15, 0.2) is 78.0 Å². The predicted octanol–water partition coefficient (Wildman–Crippen LogP) is 5.11. The molecule has 6 rings (SSSR count). The maximum absolute atomic E-state index is 13.3. The number of rotatable bonds is 6. The number of hydrogen-bond acceptors (Lipinski definition) is 8. The minimum Gasteiger partial charge on any atom is -0.410 e. The van der Waals surface area contributed by atoms with Crippen molar-refractivity contribution < 1.29 is 22.9 Å². The van der Waals surface area contributed by atoms with Crippen molar-refractivity contribution in [1.29, 1.82) is 0 Å². The number of ether oxygens (including phenoxy) is 1. The first-order chi connectivity index (χ1) is 19.7. The van der Waals surface area contributed by atoms with Crippen LogP contribution < -0.4 is 10.1 Å². The van der Waals surface area contributed by atoms with Crippen LogP contribution in [0.1, 0.15) is 37.5 Å². The zero-order valence-electron chi connectivity index (χ0n) is 22.0. The number of amides is 1. The van der Waals surface area contributed by atoms with E-state index in [-0.39, 0.29) is 28.4 Å². The monoisotopic (exact) mass is 574 g/mol. The zero-order chi connectivity index (χ0) is 28.7. The third-order valence-electron chi connectivity index (χ3n) is 7.45. The molecule has 0 aliphatic heterocycles. The summed E-state index contributed by atoms with van der Waals surface area (Å²) in [7, 11) is -3.83. The van der Waals surface area contributed by atoms with Crippen LogP contribution >= 0.6 is 0 Å². The minimum absolute atomic E-state index is 0.0826. The Morgan fingerprint density at radius 3 is 2.44 bits per heavy atom. The van der Waals surface area contributed by atoms with Crippen LogP contribution in [0, 0.1) is 17.0 Å². The van der Waals surface area contributed by atoms with Gasteiger partial charge < -0.3 is 14.6 Å². The van der Waals surface area contributed by atoms with Crippen LogP contribution in [-0.2, 0) is 10.0 Å². The van der Waals surface area contributed by atoms with E-state index in [9.17, 15) is 23.3 Å². The second-order valence-corrected chi connectivity index (χ2v) is 11.8. The SMILES string of the molecule is Cc1nc2cnc3c(ccn3S(=O)(=O)c3ccccc3)c2n1C1CCC(NC(=O)Oc2ccc([N+](=O)[O-])cc2)CC1. The van der Waals surface area contributed by atoms with Crippen molar-refractivity contribution in [3.8, 4) is 5.75 Å². The van der Waals surface area contributed by atoms with Gasteiger partial charge in [0.15, 0.2) is 5.65 Å². The molecule has 1 aliphatic carbocycles. The Bertz CT molecular complexity index is 1870. The van der Waals surface area contributed by atoms with E-state index in [1.165, 1.54) is 34.4 Å². The highest BCUT2D eigenvalue weighted by Crippen LogP contribution is 2.36. The van der Waals surface area contributed by atoms with E-state index in [1.54, 1.807) is 42.6 Å². The molecule has 1 aliphatic rings. The molecule has 210 valence electrons. The van der Waals surface area contributed by atoms with Crippen molar-refractivity contribution in [3.63, 3.8) is 0 Å². The lowest BCUT2D eigenvalue weighted by atomic mass is 9.91. The van der Waals surface area contributed by atoms with Gasteiger partial charge in [-0.15, -0.1) is 0 Å². The summed E-state index contributed by atoms with van der Waals surface area (Å²) in [5.74, 6) is 1.03. The van der Waals surface area contributed by atoms with E-state index in [0.717, 1.165) is 24.2 Å². The molecular formula is C28H26N6O6S. The normalized spacial score (nSPS) is 17.5. The highest BCUT2D eigenvalue weighted by Gasteiger charge is 2.28. The highest BCUT2D eigenvalue weighted by atomic mass is 32.2. The number of carbonyl (C=O) groups is 1. The second-order valence-electron chi connectivity index (χ2n) is 9.98. The maximum atomic E-state index is 13.3. The lowest BCUT2D eigenvalue weighted by Crippen LogP contribution is -2.39. The fraction of sp³-hybridized carbons (Fsp3) is 0.250. The van der Waals surface area contributed by atoms with Crippen molar-refractivity contribution in [2.75, 3.05) is 0 Å². The molecule has 0 atom stereocenters. The van der Waals surface area contributed by atoms with E-state index in [4.69, 9.17) is 9.72 Å². The van der Waals surface area contributed by atoms with Gasteiger partial charge >= 0.3 is 6.09 Å². The number of imidazole rings is 1. The molecule has 3 aromatic heterocycles. The van der Waals surface area contributed by atoms with E-state index in [0.29, 0.717) is 29.4 Å².